The number of carbonyl (C=O) groups is 2. The van der Waals surface area contributed by atoms with Crippen LogP contribution in [-0.2, 0) is 14.3 Å². The summed E-state index contributed by atoms with van der Waals surface area (Å²) in [6, 6.07) is -0.709. The van der Waals surface area contributed by atoms with Crippen LogP contribution < -0.4 is 5.32 Å². The lowest BCUT2D eigenvalue weighted by atomic mass is 10.0. The molecule has 0 aromatic rings. The Hall–Kier alpha value is -1.34. The molecule has 2 saturated heterocycles. The topological polar surface area (TPSA) is 88.1 Å². The molecule has 2 fully saturated rings. The maximum atomic E-state index is 12.1. The van der Waals surface area contributed by atoms with Gasteiger partial charge in [-0.3, -0.25) is 4.79 Å². The molecule has 108 valence electrons. The van der Waals surface area contributed by atoms with Gasteiger partial charge in [-0.15, -0.1) is 0 Å². The zero-order chi connectivity index (χ0) is 14.0. The lowest BCUT2D eigenvalue weighted by Gasteiger charge is -2.28. The average Bonchev–Trinajstić information content (AvgIpc) is 2.98. The summed E-state index contributed by atoms with van der Waals surface area (Å²) in [5, 5.41) is 12.0. The van der Waals surface area contributed by atoms with Crippen LogP contribution in [0, 0.1) is 5.92 Å². The molecule has 4 unspecified atom stereocenters. The number of hydrogen-bond donors (Lipinski definition) is 2. The number of amides is 2. The van der Waals surface area contributed by atoms with E-state index >= 15 is 0 Å². The number of urea groups is 1. The predicted molar refractivity (Wildman–Crippen MR) is 65.8 cm³/mol. The zero-order valence-electron chi connectivity index (χ0n) is 11.2. The number of aliphatic carboxylic acids is 1. The van der Waals surface area contributed by atoms with Crippen molar-refractivity contribution < 1.29 is 24.2 Å². The van der Waals surface area contributed by atoms with Gasteiger partial charge in [0.25, 0.3) is 0 Å². The Morgan fingerprint density at radius 3 is 2.68 bits per heavy atom. The van der Waals surface area contributed by atoms with Gasteiger partial charge in [-0.05, 0) is 13.3 Å². The van der Waals surface area contributed by atoms with E-state index in [-0.39, 0.29) is 31.4 Å². The number of carboxylic acids is 1. The molecule has 7 nitrogen and oxygen atoms in total. The minimum atomic E-state index is -0.931. The second-order valence-electron chi connectivity index (χ2n) is 5.08. The van der Waals surface area contributed by atoms with Gasteiger partial charge in [-0.25, -0.2) is 4.79 Å². The molecule has 2 aliphatic rings. The third kappa shape index (κ3) is 2.98. The predicted octanol–water partition coefficient (Wildman–Crippen LogP) is -0.0952. The molecule has 7 heteroatoms. The molecular weight excluding hydrogens is 252 g/mol. The Labute approximate surface area is 111 Å². The van der Waals surface area contributed by atoms with Crippen LogP contribution in [-0.4, -0.2) is 67.1 Å². The van der Waals surface area contributed by atoms with Crippen molar-refractivity contribution in [2.24, 2.45) is 5.92 Å². The molecule has 0 saturated carbocycles. The number of hydrogen-bond acceptors (Lipinski definition) is 4. The summed E-state index contributed by atoms with van der Waals surface area (Å²) in [5.74, 6) is -1.59. The second kappa shape index (κ2) is 5.75. The maximum absolute atomic E-state index is 12.1. The fourth-order valence-corrected chi connectivity index (χ4v) is 2.49. The maximum Gasteiger partial charge on any atom is 0.317 e. The molecule has 2 rings (SSSR count). The molecule has 2 amide bonds. The molecular formula is C12H20N2O5. The van der Waals surface area contributed by atoms with E-state index < -0.39 is 17.9 Å². The van der Waals surface area contributed by atoms with Gasteiger partial charge in [0.15, 0.2) is 0 Å². The monoisotopic (exact) mass is 272 g/mol. The first kappa shape index (κ1) is 14.1. The van der Waals surface area contributed by atoms with Crippen LogP contribution in [0.4, 0.5) is 4.79 Å². The minimum Gasteiger partial charge on any atom is -0.481 e. The Morgan fingerprint density at radius 2 is 2.11 bits per heavy atom. The number of nitrogens with zero attached hydrogens (tertiary/aromatic N) is 1. The van der Waals surface area contributed by atoms with E-state index in [2.05, 4.69) is 5.32 Å². The average molecular weight is 272 g/mol. The number of ether oxygens (including phenoxy) is 2. The van der Waals surface area contributed by atoms with Crippen LogP contribution in [0.15, 0.2) is 0 Å². The molecule has 0 aromatic carbocycles. The van der Waals surface area contributed by atoms with E-state index in [0.29, 0.717) is 6.61 Å². The van der Waals surface area contributed by atoms with Gasteiger partial charge in [0.1, 0.15) is 5.92 Å². The van der Waals surface area contributed by atoms with E-state index in [1.165, 1.54) is 4.90 Å². The molecule has 19 heavy (non-hydrogen) atoms. The highest BCUT2D eigenvalue weighted by Crippen LogP contribution is 2.20. The summed E-state index contributed by atoms with van der Waals surface area (Å²) in [4.78, 5) is 24.6. The molecule has 0 radical (unpaired) electrons. The van der Waals surface area contributed by atoms with Crippen molar-refractivity contribution in [3.05, 3.63) is 0 Å². The van der Waals surface area contributed by atoms with E-state index in [1.54, 1.807) is 7.05 Å². The van der Waals surface area contributed by atoms with E-state index in [4.69, 9.17) is 14.6 Å². The fraction of sp³-hybridized carbons (Fsp3) is 0.833. The van der Waals surface area contributed by atoms with E-state index in [9.17, 15) is 9.59 Å². The summed E-state index contributed by atoms with van der Waals surface area (Å²) in [6.07, 6.45) is 0.775. The Morgan fingerprint density at radius 1 is 1.37 bits per heavy atom. The highest BCUT2D eigenvalue weighted by Gasteiger charge is 2.39. The summed E-state index contributed by atoms with van der Waals surface area (Å²) >= 11 is 0. The zero-order valence-corrected chi connectivity index (χ0v) is 11.2. The third-order valence-corrected chi connectivity index (χ3v) is 3.87. The SMILES string of the molecule is CC1OCCC1NC(=O)N(C)C1COCC1C(=O)O. The van der Waals surface area contributed by atoms with Crippen molar-refractivity contribution in [2.75, 3.05) is 26.9 Å². The third-order valence-electron chi connectivity index (χ3n) is 3.87. The van der Waals surface area contributed by atoms with E-state index in [1.807, 2.05) is 6.92 Å². The van der Waals surface area contributed by atoms with Gasteiger partial charge in [-0.1, -0.05) is 0 Å². The van der Waals surface area contributed by atoms with Crippen molar-refractivity contribution in [2.45, 2.75) is 31.5 Å². The number of rotatable bonds is 3. The van der Waals surface area contributed by atoms with Gasteiger partial charge >= 0.3 is 12.0 Å². The molecule has 0 aromatic heterocycles. The first-order valence-corrected chi connectivity index (χ1v) is 6.46. The highest BCUT2D eigenvalue weighted by molar-refractivity contribution is 5.77. The molecule has 2 aliphatic heterocycles. The smallest absolute Gasteiger partial charge is 0.317 e. The van der Waals surface area contributed by atoms with Crippen LogP contribution in [0.25, 0.3) is 0 Å². The summed E-state index contributed by atoms with van der Waals surface area (Å²) < 4.78 is 10.5. The van der Waals surface area contributed by atoms with Crippen LogP contribution in [0.3, 0.4) is 0 Å². The van der Waals surface area contributed by atoms with Crippen LogP contribution in [0.5, 0.6) is 0 Å². The largest absolute Gasteiger partial charge is 0.481 e. The van der Waals surface area contributed by atoms with E-state index in [0.717, 1.165) is 6.42 Å². The summed E-state index contributed by atoms with van der Waals surface area (Å²) in [6.45, 7) is 2.97. The first-order valence-electron chi connectivity index (χ1n) is 6.46. The standard InChI is InChI=1S/C12H20N2O5/c1-7-9(3-4-19-7)13-12(17)14(2)10-6-18-5-8(10)11(15)16/h7-10H,3-6H2,1-2H3,(H,13,17)(H,15,16). The van der Waals surface area contributed by atoms with Crippen molar-refractivity contribution in [3.8, 4) is 0 Å². The van der Waals surface area contributed by atoms with Crippen molar-refractivity contribution in [3.63, 3.8) is 0 Å². The van der Waals surface area contributed by atoms with Gasteiger partial charge in [0.2, 0.25) is 0 Å². The van der Waals surface area contributed by atoms with Gasteiger partial charge < -0.3 is 24.8 Å². The molecule has 4 atom stereocenters. The molecule has 2 heterocycles. The lowest BCUT2D eigenvalue weighted by molar-refractivity contribution is -0.142. The lowest BCUT2D eigenvalue weighted by Crippen LogP contribution is -2.52. The Balaban J connectivity index is 1.93. The van der Waals surface area contributed by atoms with Gasteiger partial charge in [-0.2, -0.15) is 0 Å². The number of carboxylic acid groups (broad SMARTS) is 1. The van der Waals surface area contributed by atoms with Crippen molar-refractivity contribution >= 4 is 12.0 Å². The fourth-order valence-electron chi connectivity index (χ4n) is 2.49. The first-order chi connectivity index (χ1) is 9.00. The summed E-state index contributed by atoms with van der Waals surface area (Å²) in [5.41, 5.74) is 0. The molecule has 0 spiro atoms. The van der Waals surface area contributed by atoms with Crippen molar-refractivity contribution in [1.29, 1.82) is 0 Å². The Bertz CT molecular complexity index is 362. The number of carbonyl (C=O) groups excluding carboxylic acids is 1. The highest BCUT2D eigenvalue weighted by atomic mass is 16.5. The number of nitrogens with one attached hydrogen (secondary N) is 1. The molecule has 0 aliphatic carbocycles. The van der Waals surface area contributed by atoms with Crippen LogP contribution >= 0.6 is 0 Å². The molecule has 0 bridgehead atoms. The van der Waals surface area contributed by atoms with Gasteiger partial charge in [0.05, 0.1) is 31.4 Å². The molecule has 2 N–H and O–H groups in total. The van der Waals surface area contributed by atoms with Gasteiger partial charge in [0, 0.05) is 13.7 Å². The normalized spacial score (nSPS) is 34.2. The summed E-state index contributed by atoms with van der Waals surface area (Å²) in [7, 11) is 1.60. The second-order valence-corrected chi connectivity index (χ2v) is 5.08. The minimum absolute atomic E-state index is 0.00699. The van der Waals surface area contributed by atoms with Crippen LogP contribution in [0.2, 0.25) is 0 Å². The Kier molecular flexibility index (Phi) is 4.26. The quantitative estimate of drug-likeness (QED) is 0.749. The number of likely N-dealkylation sites (N-methyl/N-ethyl adjacent to an activating group) is 1. The van der Waals surface area contributed by atoms with Crippen LogP contribution in [0.1, 0.15) is 13.3 Å². The van der Waals surface area contributed by atoms with Crippen molar-refractivity contribution in [1.82, 2.24) is 10.2 Å².